The Morgan fingerprint density at radius 2 is 2.00 bits per heavy atom. The number of nitrogens with one attached hydrogen (secondary N) is 1. The molecule has 4 nitrogen and oxygen atoms in total. The van der Waals surface area contributed by atoms with Gasteiger partial charge >= 0.3 is 0 Å². The number of rotatable bonds is 4. The van der Waals surface area contributed by atoms with Crippen molar-refractivity contribution in [2.24, 2.45) is 0 Å². The average Bonchev–Trinajstić information content (AvgIpc) is 2.41. The zero-order chi connectivity index (χ0) is 13.0. The monoisotopic (exact) mass is 290 g/mol. The van der Waals surface area contributed by atoms with Crippen molar-refractivity contribution in [2.45, 2.75) is 12.5 Å². The molecule has 3 N–H and O–H groups in total. The van der Waals surface area contributed by atoms with Crippen LogP contribution >= 0.6 is 12.4 Å². The number of para-hydroxylation sites is 1. The number of hydrogen-bond donors (Lipinski definition) is 3. The van der Waals surface area contributed by atoms with E-state index in [1.807, 2.05) is 0 Å². The van der Waals surface area contributed by atoms with Crippen molar-refractivity contribution in [3.63, 3.8) is 0 Å². The third-order valence-corrected chi connectivity index (χ3v) is 3.37. The topological polar surface area (TPSA) is 55.7 Å². The number of hydrogen-bond acceptors (Lipinski definition) is 4. The van der Waals surface area contributed by atoms with Crippen LogP contribution < -0.4 is 5.32 Å². The molecule has 2 rings (SSSR count). The lowest BCUT2D eigenvalue weighted by Gasteiger charge is -2.35. The fraction of sp³-hybridized carbons (Fsp3) is 0.538. The van der Waals surface area contributed by atoms with Crippen LogP contribution in [0.15, 0.2) is 18.2 Å². The molecule has 0 aromatic heterocycles. The molecule has 1 aromatic rings. The van der Waals surface area contributed by atoms with E-state index in [-0.39, 0.29) is 30.8 Å². The Kier molecular flexibility index (Phi) is 6.51. The van der Waals surface area contributed by atoms with E-state index >= 15 is 0 Å². The molecule has 108 valence electrons. The predicted molar refractivity (Wildman–Crippen MR) is 74.2 cm³/mol. The van der Waals surface area contributed by atoms with Crippen LogP contribution in [0.4, 0.5) is 4.39 Å². The van der Waals surface area contributed by atoms with E-state index in [0.717, 1.165) is 26.2 Å². The van der Waals surface area contributed by atoms with Gasteiger partial charge in [0.2, 0.25) is 0 Å². The van der Waals surface area contributed by atoms with E-state index in [4.69, 9.17) is 0 Å². The number of nitrogens with zero attached hydrogens (tertiary/aromatic N) is 1. The second-order valence-corrected chi connectivity index (χ2v) is 4.49. The van der Waals surface area contributed by atoms with Crippen molar-refractivity contribution in [1.82, 2.24) is 10.2 Å². The molecule has 0 spiro atoms. The summed E-state index contributed by atoms with van der Waals surface area (Å²) in [6.45, 7) is 3.43. The summed E-state index contributed by atoms with van der Waals surface area (Å²) < 4.78 is 13.4. The third kappa shape index (κ3) is 3.79. The highest BCUT2D eigenvalue weighted by atomic mass is 35.5. The van der Waals surface area contributed by atoms with E-state index < -0.39 is 5.82 Å². The summed E-state index contributed by atoms with van der Waals surface area (Å²) >= 11 is 0. The summed E-state index contributed by atoms with van der Waals surface area (Å²) in [6, 6.07) is 4.43. The summed E-state index contributed by atoms with van der Waals surface area (Å²) in [5.74, 6) is -0.903. The number of aliphatic hydroxyl groups excluding tert-OH is 1. The molecule has 1 fully saturated rings. The fourth-order valence-electron chi connectivity index (χ4n) is 2.45. The van der Waals surface area contributed by atoms with Crippen LogP contribution in [0, 0.1) is 5.82 Å². The molecule has 1 aliphatic heterocycles. The van der Waals surface area contributed by atoms with E-state index in [9.17, 15) is 14.6 Å². The Labute approximate surface area is 118 Å². The van der Waals surface area contributed by atoms with Crippen LogP contribution in [0.5, 0.6) is 5.75 Å². The lowest BCUT2D eigenvalue weighted by molar-refractivity contribution is 0.138. The Hall–Kier alpha value is -0.880. The van der Waals surface area contributed by atoms with E-state index in [0.29, 0.717) is 12.0 Å². The first-order chi connectivity index (χ1) is 8.74. The first-order valence-corrected chi connectivity index (χ1v) is 6.27. The van der Waals surface area contributed by atoms with Crippen LogP contribution in [0.1, 0.15) is 18.0 Å². The zero-order valence-electron chi connectivity index (χ0n) is 10.7. The molecule has 0 aliphatic carbocycles. The van der Waals surface area contributed by atoms with Crippen molar-refractivity contribution < 1.29 is 14.6 Å². The fourth-order valence-corrected chi connectivity index (χ4v) is 2.45. The highest BCUT2D eigenvalue weighted by Gasteiger charge is 2.24. The third-order valence-electron chi connectivity index (χ3n) is 3.37. The molecule has 0 saturated carbocycles. The smallest absolute Gasteiger partial charge is 0.165 e. The SMILES string of the molecule is Cl.OCC[C@H](c1cccc(F)c1O)N1CCNCC1. The summed E-state index contributed by atoms with van der Waals surface area (Å²) in [7, 11) is 0. The number of phenols is 1. The Morgan fingerprint density at radius 1 is 1.32 bits per heavy atom. The summed E-state index contributed by atoms with van der Waals surface area (Å²) in [6.07, 6.45) is 0.497. The lowest BCUT2D eigenvalue weighted by Crippen LogP contribution is -2.45. The van der Waals surface area contributed by atoms with Gasteiger partial charge in [0, 0.05) is 44.4 Å². The molecule has 1 atom stereocenters. The van der Waals surface area contributed by atoms with Gasteiger partial charge in [-0.25, -0.2) is 4.39 Å². The lowest BCUT2D eigenvalue weighted by atomic mass is 10.00. The van der Waals surface area contributed by atoms with Gasteiger partial charge in [-0.2, -0.15) is 0 Å². The highest BCUT2D eigenvalue weighted by molar-refractivity contribution is 5.85. The maximum absolute atomic E-state index is 13.4. The minimum atomic E-state index is -0.606. The van der Waals surface area contributed by atoms with Crippen LogP contribution in [0.2, 0.25) is 0 Å². The number of phenolic OH excluding ortho intramolecular Hbond substituents is 1. The molecular formula is C13H20ClFN2O2. The molecule has 0 amide bonds. The molecule has 19 heavy (non-hydrogen) atoms. The quantitative estimate of drug-likeness (QED) is 0.782. The minimum absolute atomic E-state index is 0. The first-order valence-electron chi connectivity index (χ1n) is 6.27. The predicted octanol–water partition coefficient (Wildman–Crippen LogP) is 1.28. The van der Waals surface area contributed by atoms with Crippen LogP contribution in [-0.4, -0.2) is 47.9 Å². The molecular weight excluding hydrogens is 271 g/mol. The van der Waals surface area contributed by atoms with Gasteiger partial charge in [0.05, 0.1) is 0 Å². The highest BCUT2D eigenvalue weighted by Crippen LogP contribution is 2.32. The van der Waals surface area contributed by atoms with Crippen LogP contribution in [-0.2, 0) is 0 Å². The number of piperazine rings is 1. The van der Waals surface area contributed by atoms with Gasteiger partial charge in [-0.15, -0.1) is 12.4 Å². The molecule has 0 unspecified atom stereocenters. The van der Waals surface area contributed by atoms with Gasteiger partial charge < -0.3 is 15.5 Å². The Bertz CT molecular complexity index is 400. The zero-order valence-corrected chi connectivity index (χ0v) is 11.5. The maximum atomic E-state index is 13.4. The van der Waals surface area contributed by atoms with E-state index in [1.165, 1.54) is 6.07 Å². The van der Waals surface area contributed by atoms with Crippen molar-refractivity contribution in [2.75, 3.05) is 32.8 Å². The first kappa shape index (κ1) is 16.2. The van der Waals surface area contributed by atoms with Gasteiger partial charge in [0.1, 0.15) is 0 Å². The molecule has 1 heterocycles. The normalized spacial score (nSPS) is 17.8. The number of halogens is 2. The van der Waals surface area contributed by atoms with E-state index in [1.54, 1.807) is 12.1 Å². The number of aromatic hydroxyl groups is 1. The maximum Gasteiger partial charge on any atom is 0.165 e. The van der Waals surface area contributed by atoms with Gasteiger partial charge in [-0.3, -0.25) is 4.90 Å². The number of aliphatic hydroxyl groups is 1. The minimum Gasteiger partial charge on any atom is -0.505 e. The Morgan fingerprint density at radius 3 is 2.63 bits per heavy atom. The second-order valence-electron chi connectivity index (χ2n) is 4.49. The molecule has 6 heteroatoms. The average molecular weight is 291 g/mol. The van der Waals surface area contributed by atoms with Crippen molar-refractivity contribution in [3.8, 4) is 5.75 Å². The Balaban J connectivity index is 0.00000180. The largest absolute Gasteiger partial charge is 0.505 e. The number of benzene rings is 1. The van der Waals surface area contributed by atoms with Gasteiger partial charge in [0.25, 0.3) is 0 Å². The summed E-state index contributed by atoms with van der Waals surface area (Å²) in [4.78, 5) is 2.17. The van der Waals surface area contributed by atoms with Crippen LogP contribution in [0.25, 0.3) is 0 Å². The van der Waals surface area contributed by atoms with Crippen molar-refractivity contribution in [3.05, 3.63) is 29.6 Å². The summed E-state index contributed by atoms with van der Waals surface area (Å²) in [5.41, 5.74) is 0.561. The van der Waals surface area contributed by atoms with Crippen molar-refractivity contribution >= 4 is 12.4 Å². The molecule has 1 saturated heterocycles. The molecule has 0 bridgehead atoms. The van der Waals surface area contributed by atoms with E-state index in [2.05, 4.69) is 10.2 Å². The molecule has 1 aromatic carbocycles. The molecule has 1 aliphatic rings. The summed E-state index contributed by atoms with van der Waals surface area (Å²) in [5, 5.41) is 22.2. The van der Waals surface area contributed by atoms with Gasteiger partial charge in [0.15, 0.2) is 11.6 Å². The standard InChI is InChI=1S/C13H19FN2O2.ClH/c14-11-3-1-2-10(13(11)18)12(4-9-17)16-7-5-15-6-8-16;/h1-3,12,15,17-18H,4-9H2;1H/t12-;/m1./s1. The van der Waals surface area contributed by atoms with Gasteiger partial charge in [-0.05, 0) is 12.5 Å². The second kappa shape index (κ2) is 7.65. The van der Waals surface area contributed by atoms with Crippen molar-refractivity contribution in [1.29, 1.82) is 0 Å². The van der Waals surface area contributed by atoms with Crippen LogP contribution in [0.3, 0.4) is 0 Å². The van der Waals surface area contributed by atoms with Gasteiger partial charge in [-0.1, -0.05) is 12.1 Å². The molecule has 0 radical (unpaired) electrons.